The van der Waals surface area contributed by atoms with E-state index >= 15 is 0 Å². The first-order chi connectivity index (χ1) is 9.65. The first-order valence-electron chi connectivity index (χ1n) is 6.20. The van der Waals surface area contributed by atoms with Gasteiger partial charge < -0.3 is 10.1 Å². The largest absolute Gasteiger partial charge is 0.484 e. The molecule has 1 aromatic heterocycles. The van der Waals surface area contributed by atoms with Crippen LogP contribution in [-0.2, 0) is 11.3 Å². The summed E-state index contributed by atoms with van der Waals surface area (Å²) in [5, 5.41) is 3.46. The number of hydrogen-bond acceptors (Lipinski definition) is 3. The van der Waals surface area contributed by atoms with Crippen LogP contribution >= 0.6 is 11.6 Å². The van der Waals surface area contributed by atoms with Gasteiger partial charge in [-0.3, -0.25) is 9.78 Å². The average molecular weight is 291 g/mol. The number of aryl methyl sites for hydroxylation is 1. The number of nitrogens with one attached hydrogen (secondary N) is 1. The lowest BCUT2D eigenvalue weighted by Crippen LogP contribution is -2.28. The lowest BCUT2D eigenvalue weighted by molar-refractivity contribution is -0.123. The molecular weight excluding hydrogens is 276 g/mol. The van der Waals surface area contributed by atoms with Crippen LogP contribution in [0.2, 0.25) is 5.02 Å². The van der Waals surface area contributed by atoms with Gasteiger partial charge in [-0.1, -0.05) is 11.6 Å². The van der Waals surface area contributed by atoms with Gasteiger partial charge >= 0.3 is 0 Å². The van der Waals surface area contributed by atoms with Crippen molar-refractivity contribution < 1.29 is 9.53 Å². The average Bonchev–Trinajstić information content (AvgIpc) is 2.47. The molecule has 1 aromatic carbocycles. The van der Waals surface area contributed by atoms with Crippen molar-refractivity contribution in [1.29, 1.82) is 0 Å². The monoisotopic (exact) mass is 290 g/mol. The van der Waals surface area contributed by atoms with Crippen molar-refractivity contribution in [2.45, 2.75) is 13.5 Å². The maximum atomic E-state index is 11.7. The van der Waals surface area contributed by atoms with Crippen LogP contribution in [0.4, 0.5) is 0 Å². The van der Waals surface area contributed by atoms with Crippen LogP contribution in [0.3, 0.4) is 0 Å². The van der Waals surface area contributed by atoms with Gasteiger partial charge in [0.1, 0.15) is 5.75 Å². The fraction of sp³-hybridized carbons (Fsp3) is 0.200. The van der Waals surface area contributed by atoms with E-state index in [-0.39, 0.29) is 12.5 Å². The summed E-state index contributed by atoms with van der Waals surface area (Å²) in [7, 11) is 0. The summed E-state index contributed by atoms with van der Waals surface area (Å²) in [6.07, 6.45) is 3.38. The molecule has 0 unspecified atom stereocenters. The van der Waals surface area contributed by atoms with Gasteiger partial charge in [-0.25, -0.2) is 0 Å². The van der Waals surface area contributed by atoms with Crippen LogP contribution in [0.1, 0.15) is 11.1 Å². The molecule has 0 saturated carbocycles. The molecule has 0 saturated heterocycles. The van der Waals surface area contributed by atoms with E-state index in [4.69, 9.17) is 16.3 Å². The maximum Gasteiger partial charge on any atom is 0.258 e. The Morgan fingerprint density at radius 1 is 1.30 bits per heavy atom. The fourth-order valence-corrected chi connectivity index (χ4v) is 1.73. The summed E-state index contributed by atoms with van der Waals surface area (Å²) >= 11 is 5.92. The molecule has 0 bridgehead atoms. The highest BCUT2D eigenvalue weighted by Gasteiger charge is 2.04. The molecule has 5 heteroatoms. The fourth-order valence-electron chi connectivity index (χ4n) is 1.61. The van der Waals surface area contributed by atoms with Gasteiger partial charge in [0, 0.05) is 24.0 Å². The number of aromatic nitrogens is 1. The number of benzene rings is 1. The number of nitrogens with zero attached hydrogens (tertiary/aromatic N) is 1. The van der Waals surface area contributed by atoms with E-state index in [9.17, 15) is 4.79 Å². The van der Waals surface area contributed by atoms with Crippen molar-refractivity contribution in [1.82, 2.24) is 10.3 Å². The molecule has 0 atom stereocenters. The Morgan fingerprint density at radius 3 is 2.75 bits per heavy atom. The molecule has 4 nitrogen and oxygen atoms in total. The molecule has 0 spiro atoms. The second-order valence-electron chi connectivity index (χ2n) is 4.33. The molecule has 0 fully saturated rings. The number of amides is 1. The van der Waals surface area contributed by atoms with Crippen molar-refractivity contribution in [3.8, 4) is 5.75 Å². The Hall–Kier alpha value is -2.07. The summed E-state index contributed by atoms with van der Waals surface area (Å²) in [4.78, 5) is 15.6. The number of rotatable bonds is 5. The molecule has 0 aliphatic heterocycles. The molecular formula is C15H15ClN2O2. The number of halogens is 1. The van der Waals surface area contributed by atoms with E-state index in [0.717, 1.165) is 11.1 Å². The quantitative estimate of drug-likeness (QED) is 0.921. The Kier molecular flexibility index (Phi) is 4.96. The SMILES string of the molecule is Cc1cc(OCC(=O)NCc2ccncc2)ccc1Cl. The van der Waals surface area contributed by atoms with E-state index in [0.29, 0.717) is 17.3 Å². The smallest absolute Gasteiger partial charge is 0.258 e. The summed E-state index contributed by atoms with van der Waals surface area (Å²) in [5.41, 5.74) is 1.91. The number of carbonyl (C=O) groups excluding carboxylic acids is 1. The molecule has 0 aliphatic rings. The lowest BCUT2D eigenvalue weighted by Gasteiger charge is -2.08. The number of hydrogen-bond donors (Lipinski definition) is 1. The Bertz CT molecular complexity index is 588. The highest BCUT2D eigenvalue weighted by molar-refractivity contribution is 6.31. The predicted octanol–water partition coefficient (Wildman–Crippen LogP) is 2.74. The molecule has 1 N–H and O–H groups in total. The van der Waals surface area contributed by atoms with Crippen LogP contribution in [0.25, 0.3) is 0 Å². The Balaban J connectivity index is 1.79. The summed E-state index contributed by atoms with van der Waals surface area (Å²) in [5.74, 6) is 0.459. The minimum Gasteiger partial charge on any atom is -0.484 e. The molecule has 104 valence electrons. The summed E-state index contributed by atoms with van der Waals surface area (Å²) in [6, 6.07) is 9.00. The van der Waals surface area contributed by atoms with Gasteiger partial charge in [0.2, 0.25) is 0 Å². The van der Waals surface area contributed by atoms with E-state index in [1.807, 2.05) is 19.1 Å². The van der Waals surface area contributed by atoms with Gasteiger partial charge in [0.05, 0.1) is 0 Å². The van der Waals surface area contributed by atoms with Crippen molar-refractivity contribution in [3.05, 3.63) is 58.9 Å². The Labute approximate surface area is 122 Å². The van der Waals surface area contributed by atoms with Crippen molar-refractivity contribution in [2.75, 3.05) is 6.61 Å². The van der Waals surface area contributed by atoms with Gasteiger partial charge in [-0.2, -0.15) is 0 Å². The van der Waals surface area contributed by atoms with E-state index in [2.05, 4.69) is 10.3 Å². The third kappa shape index (κ3) is 4.24. The van der Waals surface area contributed by atoms with Crippen LogP contribution in [0.15, 0.2) is 42.7 Å². The van der Waals surface area contributed by atoms with Gasteiger partial charge in [0.25, 0.3) is 5.91 Å². The minimum atomic E-state index is -0.172. The zero-order valence-corrected chi connectivity index (χ0v) is 11.9. The normalized spacial score (nSPS) is 10.1. The zero-order chi connectivity index (χ0) is 14.4. The predicted molar refractivity (Wildman–Crippen MR) is 77.8 cm³/mol. The highest BCUT2D eigenvalue weighted by Crippen LogP contribution is 2.20. The first-order valence-corrected chi connectivity index (χ1v) is 6.57. The van der Waals surface area contributed by atoms with Crippen molar-refractivity contribution >= 4 is 17.5 Å². The van der Waals surface area contributed by atoms with E-state index in [1.54, 1.807) is 30.6 Å². The second-order valence-corrected chi connectivity index (χ2v) is 4.74. The van der Waals surface area contributed by atoms with E-state index in [1.165, 1.54) is 0 Å². The van der Waals surface area contributed by atoms with Crippen LogP contribution < -0.4 is 10.1 Å². The second kappa shape index (κ2) is 6.91. The third-order valence-electron chi connectivity index (χ3n) is 2.74. The van der Waals surface area contributed by atoms with E-state index < -0.39 is 0 Å². The highest BCUT2D eigenvalue weighted by atomic mass is 35.5. The minimum absolute atomic E-state index is 0.0217. The Morgan fingerprint density at radius 2 is 2.05 bits per heavy atom. The van der Waals surface area contributed by atoms with Crippen molar-refractivity contribution in [2.24, 2.45) is 0 Å². The van der Waals surface area contributed by atoms with Gasteiger partial charge in [0.15, 0.2) is 6.61 Å². The molecule has 0 radical (unpaired) electrons. The van der Waals surface area contributed by atoms with Crippen LogP contribution in [-0.4, -0.2) is 17.5 Å². The molecule has 1 amide bonds. The number of pyridine rings is 1. The standard InChI is InChI=1S/C15H15ClN2O2/c1-11-8-13(2-3-14(11)16)20-10-15(19)18-9-12-4-6-17-7-5-12/h2-8H,9-10H2,1H3,(H,18,19). The number of ether oxygens (including phenoxy) is 1. The van der Waals surface area contributed by atoms with Gasteiger partial charge in [-0.05, 0) is 48.4 Å². The summed E-state index contributed by atoms with van der Waals surface area (Å²) < 4.78 is 5.41. The molecule has 0 aliphatic carbocycles. The van der Waals surface area contributed by atoms with Crippen LogP contribution in [0.5, 0.6) is 5.75 Å². The lowest BCUT2D eigenvalue weighted by atomic mass is 10.2. The third-order valence-corrected chi connectivity index (χ3v) is 3.16. The van der Waals surface area contributed by atoms with Crippen LogP contribution in [0, 0.1) is 6.92 Å². The zero-order valence-electron chi connectivity index (χ0n) is 11.1. The topological polar surface area (TPSA) is 51.2 Å². The molecule has 20 heavy (non-hydrogen) atoms. The molecule has 2 rings (SSSR count). The first kappa shape index (κ1) is 14.3. The maximum absolute atomic E-state index is 11.7. The number of carbonyl (C=O) groups is 1. The molecule has 2 aromatic rings. The summed E-state index contributed by atoms with van der Waals surface area (Å²) in [6.45, 7) is 2.33. The van der Waals surface area contributed by atoms with Crippen molar-refractivity contribution in [3.63, 3.8) is 0 Å². The molecule has 1 heterocycles. The van der Waals surface area contributed by atoms with Gasteiger partial charge in [-0.15, -0.1) is 0 Å².